The highest BCUT2D eigenvalue weighted by molar-refractivity contribution is 14.1. The van der Waals surface area contributed by atoms with Crippen LogP contribution in [0, 0.1) is 17.4 Å². The summed E-state index contributed by atoms with van der Waals surface area (Å²) in [6.45, 7) is 5.51. The third kappa shape index (κ3) is 3.88. The number of nitrogens with zero attached hydrogens (tertiary/aromatic N) is 2. The first-order valence-electron chi connectivity index (χ1n) is 9.08. The molecule has 0 aliphatic carbocycles. The Morgan fingerprint density at radius 3 is 2.81 bits per heavy atom. The van der Waals surface area contributed by atoms with Crippen molar-refractivity contribution in [3.63, 3.8) is 0 Å². The SMILES string of the molecule is Cc1cc2nc(N(CC3CCCO3)C(=O)c3ccccc3I)sc2cc1C. The van der Waals surface area contributed by atoms with Gasteiger partial charge in [0.15, 0.2) is 5.13 Å². The molecule has 0 spiro atoms. The molecule has 4 nitrogen and oxygen atoms in total. The molecular formula is C21H21IN2O2S. The lowest BCUT2D eigenvalue weighted by molar-refractivity contribution is 0.0916. The van der Waals surface area contributed by atoms with Gasteiger partial charge in [0, 0.05) is 10.2 Å². The number of anilines is 1. The maximum absolute atomic E-state index is 13.4. The van der Waals surface area contributed by atoms with Gasteiger partial charge < -0.3 is 4.74 Å². The topological polar surface area (TPSA) is 42.4 Å². The van der Waals surface area contributed by atoms with Crippen LogP contribution in [0.2, 0.25) is 0 Å². The zero-order valence-electron chi connectivity index (χ0n) is 15.4. The van der Waals surface area contributed by atoms with Crippen LogP contribution in [0.4, 0.5) is 5.13 Å². The van der Waals surface area contributed by atoms with Gasteiger partial charge in [-0.2, -0.15) is 0 Å². The van der Waals surface area contributed by atoms with Gasteiger partial charge in [0.05, 0.1) is 28.4 Å². The van der Waals surface area contributed by atoms with Crippen LogP contribution in [0.25, 0.3) is 10.2 Å². The number of carbonyl (C=O) groups excluding carboxylic acids is 1. The van der Waals surface area contributed by atoms with Crippen molar-refractivity contribution < 1.29 is 9.53 Å². The molecule has 6 heteroatoms. The van der Waals surface area contributed by atoms with Gasteiger partial charge in [-0.25, -0.2) is 4.98 Å². The van der Waals surface area contributed by atoms with Crippen molar-refractivity contribution in [3.05, 3.63) is 56.7 Å². The zero-order chi connectivity index (χ0) is 19.0. The van der Waals surface area contributed by atoms with Crippen LogP contribution in [0.5, 0.6) is 0 Å². The highest BCUT2D eigenvalue weighted by atomic mass is 127. The van der Waals surface area contributed by atoms with Gasteiger partial charge in [0.25, 0.3) is 5.91 Å². The van der Waals surface area contributed by atoms with Gasteiger partial charge in [0.2, 0.25) is 0 Å². The molecular weight excluding hydrogens is 471 g/mol. The van der Waals surface area contributed by atoms with Gasteiger partial charge in [-0.05, 0) is 84.7 Å². The molecule has 1 unspecified atom stereocenters. The van der Waals surface area contributed by atoms with E-state index in [1.54, 1.807) is 11.3 Å². The van der Waals surface area contributed by atoms with Crippen LogP contribution in [0.3, 0.4) is 0 Å². The standard InChI is InChI=1S/C21H21IN2O2S/c1-13-10-18-19(11-14(13)2)27-21(23-18)24(12-15-6-5-9-26-15)20(25)16-7-3-4-8-17(16)22/h3-4,7-8,10-11,15H,5-6,9,12H2,1-2H3. The van der Waals surface area contributed by atoms with Crippen molar-refractivity contribution in [2.45, 2.75) is 32.8 Å². The number of halogens is 1. The lowest BCUT2D eigenvalue weighted by atomic mass is 10.1. The van der Waals surface area contributed by atoms with E-state index in [9.17, 15) is 4.79 Å². The van der Waals surface area contributed by atoms with E-state index in [0.717, 1.165) is 38.4 Å². The fourth-order valence-electron chi connectivity index (χ4n) is 3.30. The predicted octanol–water partition coefficient (Wildman–Crippen LogP) is 5.34. The summed E-state index contributed by atoms with van der Waals surface area (Å²) < 4.78 is 7.88. The molecule has 1 saturated heterocycles. The van der Waals surface area contributed by atoms with E-state index in [1.165, 1.54) is 11.1 Å². The quantitative estimate of drug-likeness (QED) is 0.462. The first kappa shape index (κ1) is 18.8. The molecule has 0 saturated carbocycles. The summed E-state index contributed by atoms with van der Waals surface area (Å²) in [6, 6.07) is 12.0. The average Bonchev–Trinajstić information content (AvgIpc) is 3.29. The largest absolute Gasteiger partial charge is 0.376 e. The number of carbonyl (C=O) groups is 1. The highest BCUT2D eigenvalue weighted by Gasteiger charge is 2.28. The number of benzene rings is 2. The molecule has 1 fully saturated rings. The Hall–Kier alpha value is -1.51. The minimum Gasteiger partial charge on any atom is -0.376 e. The summed E-state index contributed by atoms with van der Waals surface area (Å²) in [5.41, 5.74) is 4.12. The summed E-state index contributed by atoms with van der Waals surface area (Å²) >= 11 is 3.80. The van der Waals surface area contributed by atoms with Crippen LogP contribution in [-0.2, 0) is 4.74 Å². The summed E-state index contributed by atoms with van der Waals surface area (Å²) in [7, 11) is 0. The molecule has 0 N–H and O–H groups in total. The van der Waals surface area contributed by atoms with E-state index < -0.39 is 0 Å². The van der Waals surface area contributed by atoms with Gasteiger partial charge in [-0.1, -0.05) is 23.5 Å². The van der Waals surface area contributed by atoms with Gasteiger partial charge >= 0.3 is 0 Å². The molecule has 1 aromatic heterocycles. The van der Waals surface area contributed by atoms with Gasteiger partial charge in [0.1, 0.15) is 0 Å². The smallest absolute Gasteiger partial charge is 0.261 e. The van der Waals surface area contributed by atoms with Crippen LogP contribution < -0.4 is 4.90 Å². The van der Waals surface area contributed by atoms with E-state index in [-0.39, 0.29) is 12.0 Å². The van der Waals surface area contributed by atoms with Gasteiger partial charge in [-0.15, -0.1) is 0 Å². The third-order valence-corrected chi connectivity index (χ3v) is 6.96. The van der Waals surface area contributed by atoms with Crippen molar-refractivity contribution in [3.8, 4) is 0 Å². The number of aromatic nitrogens is 1. The van der Waals surface area contributed by atoms with E-state index in [2.05, 4.69) is 48.6 Å². The molecule has 3 aromatic rings. The number of rotatable bonds is 4. The van der Waals surface area contributed by atoms with Crippen molar-refractivity contribution in [1.82, 2.24) is 4.98 Å². The van der Waals surface area contributed by atoms with Crippen molar-refractivity contribution in [1.29, 1.82) is 0 Å². The summed E-state index contributed by atoms with van der Waals surface area (Å²) in [5, 5.41) is 0.746. The molecule has 27 heavy (non-hydrogen) atoms. The first-order chi connectivity index (χ1) is 13.0. The Labute approximate surface area is 176 Å². The molecule has 1 amide bonds. The normalized spacial score (nSPS) is 16.8. The second-order valence-corrected chi connectivity index (χ2v) is 9.10. The van der Waals surface area contributed by atoms with E-state index in [4.69, 9.17) is 9.72 Å². The van der Waals surface area contributed by atoms with Gasteiger partial charge in [-0.3, -0.25) is 9.69 Å². The molecule has 0 radical (unpaired) electrons. The minimum atomic E-state index is -0.0111. The van der Waals surface area contributed by atoms with E-state index in [0.29, 0.717) is 12.1 Å². The number of hydrogen-bond acceptors (Lipinski definition) is 4. The molecule has 1 aliphatic rings. The first-order valence-corrected chi connectivity index (χ1v) is 11.0. The lowest BCUT2D eigenvalue weighted by Crippen LogP contribution is -2.37. The average molecular weight is 492 g/mol. The lowest BCUT2D eigenvalue weighted by Gasteiger charge is -2.23. The third-order valence-electron chi connectivity index (χ3n) is 4.98. The predicted molar refractivity (Wildman–Crippen MR) is 119 cm³/mol. The maximum atomic E-state index is 13.4. The second kappa shape index (κ2) is 7.85. The molecule has 1 atom stereocenters. The number of hydrogen-bond donors (Lipinski definition) is 0. The second-order valence-electron chi connectivity index (χ2n) is 6.93. The van der Waals surface area contributed by atoms with Crippen LogP contribution in [0.15, 0.2) is 36.4 Å². The van der Waals surface area contributed by atoms with Crippen LogP contribution >= 0.6 is 33.9 Å². The van der Waals surface area contributed by atoms with Crippen molar-refractivity contribution in [2.24, 2.45) is 0 Å². The molecule has 4 rings (SSSR count). The number of ether oxygens (including phenoxy) is 1. The van der Waals surface area contributed by atoms with Crippen LogP contribution in [0.1, 0.15) is 34.3 Å². The molecule has 2 heterocycles. The van der Waals surface area contributed by atoms with E-state index in [1.807, 2.05) is 29.2 Å². The van der Waals surface area contributed by atoms with E-state index >= 15 is 0 Å². The Kier molecular flexibility index (Phi) is 5.48. The summed E-state index contributed by atoms with van der Waals surface area (Å²) in [6.07, 6.45) is 2.11. The monoisotopic (exact) mass is 492 g/mol. The Bertz CT molecular complexity index is 956. The minimum absolute atomic E-state index is 0.0111. The molecule has 1 aliphatic heterocycles. The summed E-state index contributed by atoms with van der Waals surface area (Å²) in [5.74, 6) is -0.0111. The van der Waals surface area contributed by atoms with Crippen molar-refractivity contribution in [2.75, 3.05) is 18.1 Å². The number of amides is 1. The fourth-order valence-corrected chi connectivity index (χ4v) is 4.97. The van der Waals surface area contributed by atoms with Crippen molar-refractivity contribution >= 4 is 55.2 Å². The fraction of sp³-hybridized carbons (Fsp3) is 0.333. The number of fused-ring (bicyclic) bond motifs is 1. The molecule has 2 aromatic carbocycles. The Morgan fingerprint density at radius 2 is 2.07 bits per heavy atom. The number of aryl methyl sites for hydroxylation is 2. The van der Waals surface area contributed by atoms with Crippen LogP contribution in [-0.4, -0.2) is 30.1 Å². The maximum Gasteiger partial charge on any atom is 0.261 e. The highest BCUT2D eigenvalue weighted by Crippen LogP contribution is 2.33. The number of thiazole rings is 1. The zero-order valence-corrected chi connectivity index (χ0v) is 18.3. The Balaban J connectivity index is 1.75. The molecule has 0 bridgehead atoms. The molecule has 140 valence electrons. The summed E-state index contributed by atoms with van der Waals surface area (Å²) in [4.78, 5) is 20.0. The Morgan fingerprint density at radius 1 is 1.30 bits per heavy atom.